The zero-order valence-electron chi connectivity index (χ0n) is 15.4. The summed E-state index contributed by atoms with van der Waals surface area (Å²) in [5.74, 6) is 0.720. The highest BCUT2D eigenvalue weighted by molar-refractivity contribution is 6.10. The second-order valence-electron chi connectivity index (χ2n) is 5.73. The van der Waals surface area contributed by atoms with Crippen molar-refractivity contribution in [1.82, 2.24) is 0 Å². The Labute approximate surface area is 153 Å². The molecule has 0 radical (unpaired) electrons. The Morgan fingerprint density at radius 1 is 1.19 bits per heavy atom. The number of carbonyl (C=O) groups excluding carboxylic acids is 1. The highest BCUT2D eigenvalue weighted by Gasteiger charge is 2.13. The summed E-state index contributed by atoms with van der Waals surface area (Å²) >= 11 is 0. The van der Waals surface area contributed by atoms with Crippen LogP contribution in [0.2, 0.25) is 0 Å². The number of aryl methyl sites for hydroxylation is 2. The molecule has 2 rings (SSSR count). The van der Waals surface area contributed by atoms with Crippen LogP contribution in [0.15, 0.2) is 42.0 Å². The maximum absolute atomic E-state index is 12.5. The third-order valence-corrected chi connectivity index (χ3v) is 3.88. The molecule has 26 heavy (non-hydrogen) atoms. The number of carbonyl (C=O) groups is 1. The van der Waals surface area contributed by atoms with Crippen LogP contribution in [-0.2, 0) is 4.79 Å². The second kappa shape index (κ2) is 8.72. The number of hydrogen-bond acceptors (Lipinski definition) is 4. The van der Waals surface area contributed by atoms with E-state index >= 15 is 0 Å². The summed E-state index contributed by atoms with van der Waals surface area (Å²) in [4.78, 5) is 12.5. The number of nitrogens with one attached hydrogen (secondary N) is 1. The van der Waals surface area contributed by atoms with Crippen LogP contribution in [0.1, 0.15) is 23.6 Å². The fraction of sp³-hybridized carbons (Fsp3) is 0.238. The normalized spacial score (nSPS) is 10.8. The molecule has 0 unspecified atom stereocenters. The molecule has 0 bridgehead atoms. The molecule has 5 nitrogen and oxygen atoms in total. The summed E-state index contributed by atoms with van der Waals surface area (Å²) in [6.45, 7) is 6.19. The zero-order chi connectivity index (χ0) is 19.1. The van der Waals surface area contributed by atoms with E-state index in [1.165, 1.54) is 6.08 Å². The Hall–Kier alpha value is -3.26. The molecule has 0 heterocycles. The lowest BCUT2D eigenvalue weighted by atomic mass is 10.1. The van der Waals surface area contributed by atoms with Crippen molar-refractivity contribution in [2.24, 2.45) is 0 Å². The monoisotopic (exact) mass is 350 g/mol. The number of para-hydroxylation sites is 1. The number of hydrogen-bond donors (Lipinski definition) is 1. The van der Waals surface area contributed by atoms with E-state index in [2.05, 4.69) is 5.32 Å². The summed E-state index contributed by atoms with van der Waals surface area (Å²) in [6.07, 6.45) is 1.53. The lowest BCUT2D eigenvalue weighted by molar-refractivity contribution is -0.112. The first-order valence-corrected chi connectivity index (χ1v) is 8.30. The minimum Gasteiger partial charge on any atom is -0.493 e. The number of methoxy groups -OCH3 is 1. The summed E-state index contributed by atoms with van der Waals surface area (Å²) in [5, 5.41) is 12.2. The number of amides is 1. The second-order valence-corrected chi connectivity index (χ2v) is 5.73. The molecule has 5 heteroatoms. The summed E-state index contributed by atoms with van der Waals surface area (Å²) in [5.41, 5.74) is 3.31. The number of nitriles is 1. The minimum atomic E-state index is -0.446. The lowest BCUT2D eigenvalue weighted by Gasteiger charge is -2.11. The Bertz CT molecular complexity index is 859. The zero-order valence-corrected chi connectivity index (χ0v) is 15.4. The van der Waals surface area contributed by atoms with Crippen LogP contribution in [0, 0.1) is 25.2 Å². The van der Waals surface area contributed by atoms with Crippen molar-refractivity contribution in [2.75, 3.05) is 19.0 Å². The fourth-order valence-corrected chi connectivity index (χ4v) is 2.56. The largest absolute Gasteiger partial charge is 0.493 e. The van der Waals surface area contributed by atoms with E-state index in [1.54, 1.807) is 25.3 Å². The molecule has 0 aliphatic carbocycles. The molecule has 134 valence electrons. The molecule has 2 aromatic rings. The summed E-state index contributed by atoms with van der Waals surface area (Å²) < 4.78 is 10.8. The molecule has 2 aromatic carbocycles. The summed E-state index contributed by atoms with van der Waals surface area (Å²) in [7, 11) is 1.56. The molecular formula is C21H22N2O3. The predicted octanol–water partition coefficient (Wildman–Crippen LogP) is 4.26. The van der Waals surface area contributed by atoms with Crippen LogP contribution in [0.4, 0.5) is 5.69 Å². The topological polar surface area (TPSA) is 71.3 Å². The average molecular weight is 350 g/mol. The molecule has 0 fully saturated rings. The van der Waals surface area contributed by atoms with Gasteiger partial charge in [-0.2, -0.15) is 5.26 Å². The highest BCUT2D eigenvalue weighted by atomic mass is 16.5. The van der Waals surface area contributed by atoms with Gasteiger partial charge in [0.05, 0.1) is 13.7 Å². The van der Waals surface area contributed by atoms with E-state index in [0.717, 1.165) is 16.8 Å². The van der Waals surface area contributed by atoms with Gasteiger partial charge < -0.3 is 14.8 Å². The van der Waals surface area contributed by atoms with E-state index in [4.69, 9.17) is 9.47 Å². The SMILES string of the molecule is CCOc1cc(/C=C(\C#N)C(=O)Nc2c(C)cccc2C)ccc1OC. The van der Waals surface area contributed by atoms with Crippen molar-refractivity contribution in [3.05, 3.63) is 58.7 Å². The predicted molar refractivity (Wildman–Crippen MR) is 102 cm³/mol. The Kier molecular flexibility index (Phi) is 6.40. The van der Waals surface area contributed by atoms with Gasteiger partial charge >= 0.3 is 0 Å². The van der Waals surface area contributed by atoms with E-state index < -0.39 is 5.91 Å². The number of benzene rings is 2. The molecule has 1 amide bonds. The highest BCUT2D eigenvalue weighted by Crippen LogP contribution is 2.29. The van der Waals surface area contributed by atoms with Gasteiger partial charge in [0.25, 0.3) is 5.91 Å². The smallest absolute Gasteiger partial charge is 0.266 e. The van der Waals surface area contributed by atoms with Crippen molar-refractivity contribution < 1.29 is 14.3 Å². The Morgan fingerprint density at radius 3 is 2.46 bits per heavy atom. The molecule has 0 saturated heterocycles. The first kappa shape index (κ1) is 19.1. The van der Waals surface area contributed by atoms with Crippen LogP contribution < -0.4 is 14.8 Å². The van der Waals surface area contributed by atoms with Crippen molar-refractivity contribution in [3.8, 4) is 17.6 Å². The van der Waals surface area contributed by atoms with E-state index in [9.17, 15) is 10.1 Å². The molecule has 0 aromatic heterocycles. The molecule has 0 saturated carbocycles. The van der Waals surface area contributed by atoms with Gasteiger partial charge in [-0.05, 0) is 55.7 Å². The quantitative estimate of drug-likeness (QED) is 0.624. The maximum atomic E-state index is 12.5. The van der Waals surface area contributed by atoms with E-state index in [0.29, 0.717) is 23.7 Å². The standard InChI is InChI=1S/C21H22N2O3/c1-5-26-19-12-16(9-10-18(19)25-4)11-17(13-22)21(24)23-20-14(2)7-6-8-15(20)3/h6-12H,5H2,1-4H3,(H,23,24)/b17-11+. The summed E-state index contributed by atoms with van der Waals surface area (Å²) in [6, 6.07) is 13.0. The molecule has 0 spiro atoms. The third-order valence-electron chi connectivity index (χ3n) is 3.88. The van der Waals surface area contributed by atoms with E-state index in [1.807, 2.05) is 45.0 Å². The van der Waals surface area contributed by atoms with Crippen LogP contribution in [0.3, 0.4) is 0 Å². The number of nitrogens with zero attached hydrogens (tertiary/aromatic N) is 1. The van der Waals surface area contributed by atoms with Gasteiger partial charge in [0.2, 0.25) is 0 Å². The van der Waals surface area contributed by atoms with Crippen LogP contribution in [-0.4, -0.2) is 19.6 Å². The minimum absolute atomic E-state index is 0.0141. The molecule has 0 atom stereocenters. The van der Waals surface area contributed by atoms with Gasteiger partial charge in [0, 0.05) is 5.69 Å². The van der Waals surface area contributed by atoms with Crippen molar-refractivity contribution >= 4 is 17.7 Å². The maximum Gasteiger partial charge on any atom is 0.266 e. The first-order valence-electron chi connectivity index (χ1n) is 8.30. The molecular weight excluding hydrogens is 328 g/mol. The average Bonchev–Trinajstić information content (AvgIpc) is 2.63. The number of anilines is 1. The van der Waals surface area contributed by atoms with Gasteiger partial charge in [-0.3, -0.25) is 4.79 Å². The lowest BCUT2D eigenvalue weighted by Crippen LogP contribution is -2.15. The Balaban J connectivity index is 2.31. The van der Waals surface area contributed by atoms with Crippen molar-refractivity contribution in [2.45, 2.75) is 20.8 Å². The van der Waals surface area contributed by atoms with Gasteiger partial charge in [0.1, 0.15) is 11.6 Å². The third kappa shape index (κ3) is 4.42. The van der Waals surface area contributed by atoms with Crippen LogP contribution in [0.25, 0.3) is 6.08 Å². The molecule has 0 aliphatic rings. The van der Waals surface area contributed by atoms with E-state index in [-0.39, 0.29) is 5.57 Å². The van der Waals surface area contributed by atoms with Crippen LogP contribution >= 0.6 is 0 Å². The van der Waals surface area contributed by atoms with Gasteiger partial charge in [-0.25, -0.2) is 0 Å². The Morgan fingerprint density at radius 2 is 1.88 bits per heavy atom. The van der Waals surface area contributed by atoms with Gasteiger partial charge in [-0.1, -0.05) is 24.3 Å². The first-order chi connectivity index (χ1) is 12.5. The van der Waals surface area contributed by atoms with Gasteiger partial charge in [-0.15, -0.1) is 0 Å². The molecule has 0 aliphatic heterocycles. The fourth-order valence-electron chi connectivity index (χ4n) is 2.56. The number of rotatable bonds is 6. The van der Waals surface area contributed by atoms with Crippen LogP contribution in [0.5, 0.6) is 11.5 Å². The van der Waals surface area contributed by atoms with Crippen molar-refractivity contribution in [1.29, 1.82) is 5.26 Å². The van der Waals surface area contributed by atoms with Gasteiger partial charge in [0.15, 0.2) is 11.5 Å². The molecule has 1 N–H and O–H groups in total. The van der Waals surface area contributed by atoms with Crippen molar-refractivity contribution in [3.63, 3.8) is 0 Å². The number of ether oxygens (including phenoxy) is 2.